The highest BCUT2D eigenvalue weighted by Crippen LogP contribution is 2.24. The van der Waals surface area contributed by atoms with Crippen LogP contribution in [0, 0.1) is 3.57 Å². The van der Waals surface area contributed by atoms with Crippen molar-refractivity contribution in [3.05, 3.63) is 27.8 Å². The molecule has 0 radical (unpaired) electrons. The average Bonchev–Trinajstić information content (AvgIpc) is 2.69. The molecule has 0 amide bonds. The summed E-state index contributed by atoms with van der Waals surface area (Å²) in [7, 11) is 0. The molecule has 0 atom stereocenters. The van der Waals surface area contributed by atoms with Gasteiger partial charge in [0.15, 0.2) is 0 Å². The molecule has 2 aliphatic heterocycles. The highest BCUT2D eigenvalue weighted by Gasteiger charge is 2.20. The maximum atomic E-state index is 4.83. The van der Waals surface area contributed by atoms with E-state index >= 15 is 0 Å². The number of hydrogen-bond acceptors (Lipinski definition) is 10. The highest BCUT2D eigenvalue weighted by atomic mass is 127. The number of halogens is 2. The monoisotopic (exact) mass is 576 g/mol. The van der Waals surface area contributed by atoms with Crippen molar-refractivity contribution < 1.29 is 5.71 Å². The fourth-order valence-electron chi connectivity index (χ4n) is 3.58. The molecule has 0 aliphatic carbocycles. The van der Waals surface area contributed by atoms with Crippen molar-refractivity contribution in [1.29, 1.82) is 0 Å². The van der Waals surface area contributed by atoms with E-state index in [4.69, 9.17) is 15.0 Å². The first-order chi connectivity index (χ1) is 12.8. The molecule has 1 aromatic carbocycles. The Kier molecular flexibility index (Phi) is 15.7. The molecule has 3 heterocycles. The van der Waals surface area contributed by atoms with Crippen LogP contribution in [0.2, 0.25) is 0 Å². The van der Waals surface area contributed by atoms with E-state index in [0.717, 1.165) is 43.8 Å². The minimum absolute atomic E-state index is 0. The van der Waals surface area contributed by atoms with Gasteiger partial charge in [-0.3, -0.25) is 0 Å². The third-order valence-electron chi connectivity index (χ3n) is 4.97. The lowest BCUT2D eigenvalue weighted by Crippen LogP contribution is -2.34. The van der Waals surface area contributed by atoms with Gasteiger partial charge in [0.05, 0.1) is 0 Å². The van der Waals surface area contributed by atoms with Gasteiger partial charge in [0.2, 0.25) is 17.8 Å². The second-order valence-corrected chi connectivity index (χ2v) is 8.24. The lowest BCUT2D eigenvalue weighted by Gasteiger charge is -2.30. The molecule has 1 aromatic heterocycles. The van der Waals surface area contributed by atoms with E-state index in [1.807, 2.05) is 12.1 Å². The summed E-state index contributed by atoms with van der Waals surface area (Å²) in [6.45, 7) is 4.14. The van der Waals surface area contributed by atoms with E-state index in [0.29, 0.717) is 5.95 Å². The number of piperidine rings is 2. The van der Waals surface area contributed by atoms with Crippen molar-refractivity contribution in [2.24, 2.45) is 0 Å². The first-order valence-corrected chi connectivity index (χ1v) is 10.6. The van der Waals surface area contributed by atoms with Crippen LogP contribution in [-0.4, -0.2) is 41.1 Å². The summed E-state index contributed by atoms with van der Waals surface area (Å²) in [6, 6.07) is 8.28. The number of nitrogens with zero attached hydrogens (tertiary/aromatic N) is 5. The van der Waals surface area contributed by atoms with Crippen molar-refractivity contribution in [2.75, 3.05) is 41.3 Å². The van der Waals surface area contributed by atoms with Gasteiger partial charge in [-0.15, -0.1) is 12.4 Å². The Labute approximate surface area is 211 Å². The molecule has 10 nitrogen and oxygen atoms in total. The number of benzene rings is 1. The van der Waals surface area contributed by atoms with Gasteiger partial charge in [-0.05, 0) is 79.3 Å². The Balaban J connectivity index is -0.000000234. The second kappa shape index (κ2) is 15.3. The first kappa shape index (κ1) is 31.7. The molecule has 13 N–H and O–H groups in total. The predicted molar refractivity (Wildman–Crippen MR) is 150 cm³/mol. The Morgan fingerprint density at radius 2 is 1.23 bits per heavy atom. The SMILES string of the molecule is Cl.Ic1cccc(Nc2nc(N3CCCCC3)nc(N3CCCCC3)n2)c1.N.N.N.N.[HH].[HH].[HH].[HH]. The quantitative estimate of drug-likeness (QED) is 0.259. The zero-order chi connectivity index (χ0) is 17.8. The van der Waals surface area contributed by atoms with Crippen LogP contribution < -0.4 is 39.7 Å². The summed E-state index contributed by atoms with van der Waals surface area (Å²) in [5.41, 5.74) is 1.01. The Morgan fingerprint density at radius 1 is 0.742 bits per heavy atom. The maximum absolute atomic E-state index is 4.83. The molecule has 2 aromatic rings. The molecule has 0 unspecified atom stereocenters. The summed E-state index contributed by atoms with van der Waals surface area (Å²) in [5.74, 6) is 2.27. The first-order valence-electron chi connectivity index (χ1n) is 9.56. The van der Waals surface area contributed by atoms with E-state index in [2.05, 4.69) is 49.8 Å². The van der Waals surface area contributed by atoms with Crippen molar-refractivity contribution in [3.63, 3.8) is 0 Å². The van der Waals surface area contributed by atoms with Gasteiger partial charge in [0.25, 0.3) is 0 Å². The Morgan fingerprint density at radius 3 is 1.68 bits per heavy atom. The van der Waals surface area contributed by atoms with Crippen LogP contribution in [0.1, 0.15) is 44.2 Å². The third kappa shape index (κ3) is 8.50. The molecular formula is C19H46ClIN10. The number of nitrogens with one attached hydrogen (secondary N) is 1. The molecule has 12 heteroatoms. The molecule has 0 bridgehead atoms. The van der Waals surface area contributed by atoms with Gasteiger partial charge in [-0.25, -0.2) is 0 Å². The van der Waals surface area contributed by atoms with E-state index in [9.17, 15) is 0 Å². The smallest absolute Gasteiger partial charge is 0.233 e. The zero-order valence-corrected chi connectivity index (χ0v) is 21.2. The van der Waals surface area contributed by atoms with Gasteiger partial charge in [0.1, 0.15) is 0 Å². The normalized spacial score (nSPS) is 15.1. The fourth-order valence-corrected chi connectivity index (χ4v) is 4.12. The minimum atomic E-state index is 0. The standard InChI is InChI=1S/C19H25IN6.ClH.4H3N.4H2/c20-15-8-7-9-16(14-15)21-17-22-18(25-10-3-1-4-11-25)24-19(23-17)26-12-5-2-6-13-26;;;;;;;;;/h7-9,14H,1-6,10-13H2,(H,21,22,23,24);1H;4*1H3;4*1H. The predicted octanol–water partition coefficient (Wildman–Crippen LogP) is 6.25. The van der Waals surface area contributed by atoms with Gasteiger partial charge < -0.3 is 39.7 Å². The lowest BCUT2D eigenvalue weighted by molar-refractivity contribution is 0.556. The summed E-state index contributed by atoms with van der Waals surface area (Å²) in [5, 5.41) is 3.38. The van der Waals surface area contributed by atoms with Gasteiger partial charge >= 0.3 is 0 Å². The van der Waals surface area contributed by atoms with Gasteiger partial charge in [-0.1, -0.05) is 6.07 Å². The third-order valence-corrected chi connectivity index (χ3v) is 5.64. The summed E-state index contributed by atoms with van der Waals surface area (Å²) in [4.78, 5) is 18.9. The molecule has 0 spiro atoms. The molecule has 186 valence electrons. The fraction of sp³-hybridized carbons (Fsp3) is 0.526. The molecule has 0 saturated carbocycles. The van der Waals surface area contributed by atoms with Crippen LogP contribution in [0.25, 0.3) is 0 Å². The topological polar surface area (TPSA) is 197 Å². The molecule has 31 heavy (non-hydrogen) atoms. The van der Waals surface area contributed by atoms with Crippen molar-refractivity contribution in [1.82, 2.24) is 39.6 Å². The van der Waals surface area contributed by atoms with Crippen LogP contribution >= 0.6 is 35.0 Å². The van der Waals surface area contributed by atoms with Crippen LogP contribution in [0.3, 0.4) is 0 Å². The van der Waals surface area contributed by atoms with Gasteiger partial charge in [0, 0.05) is 41.1 Å². The minimum Gasteiger partial charge on any atom is -0.344 e. The van der Waals surface area contributed by atoms with Crippen LogP contribution in [0.5, 0.6) is 0 Å². The molecule has 2 aliphatic rings. The summed E-state index contributed by atoms with van der Waals surface area (Å²) in [6.07, 6.45) is 7.45. The van der Waals surface area contributed by atoms with Crippen LogP contribution in [0.4, 0.5) is 23.5 Å². The number of aromatic nitrogens is 3. The number of hydrogen-bond donors (Lipinski definition) is 5. The van der Waals surface area contributed by atoms with E-state index < -0.39 is 0 Å². The molecular weight excluding hydrogens is 531 g/mol. The average molecular weight is 577 g/mol. The zero-order valence-electron chi connectivity index (χ0n) is 18.2. The summed E-state index contributed by atoms with van der Waals surface area (Å²) < 4.78 is 1.19. The largest absolute Gasteiger partial charge is 0.344 e. The Hall–Kier alpha value is -1.51. The second-order valence-electron chi connectivity index (χ2n) is 6.99. The van der Waals surface area contributed by atoms with Gasteiger partial charge in [-0.2, -0.15) is 15.0 Å². The molecule has 4 rings (SSSR count). The van der Waals surface area contributed by atoms with Crippen molar-refractivity contribution in [3.8, 4) is 0 Å². The summed E-state index contributed by atoms with van der Waals surface area (Å²) >= 11 is 2.32. The van der Waals surface area contributed by atoms with Crippen LogP contribution in [0.15, 0.2) is 24.3 Å². The Bertz CT molecular complexity index is 736. The molecule has 2 fully saturated rings. The van der Waals surface area contributed by atoms with E-state index in [1.54, 1.807) is 0 Å². The van der Waals surface area contributed by atoms with Crippen LogP contribution in [-0.2, 0) is 0 Å². The highest BCUT2D eigenvalue weighted by molar-refractivity contribution is 14.1. The number of anilines is 4. The van der Waals surface area contributed by atoms with Crippen molar-refractivity contribution in [2.45, 2.75) is 38.5 Å². The van der Waals surface area contributed by atoms with E-state index in [-0.39, 0.29) is 42.7 Å². The molecule has 2 saturated heterocycles. The number of rotatable bonds is 4. The lowest BCUT2D eigenvalue weighted by atomic mass is 10.1. The maximum Gasteiger partial charge on any atom is 0.233 e. The van der Waals surface area contributed by atoms with E-state index in [1.165, 1.54) is 42.1 Å². The van der Waals surface area contributed by atoms with Crippen molar-refractivity contribution >= 4 is 58.5 Å².